The highest BCUT2D eigenvalue weighted by molar-refractivity contribution is 6.31. The first-order valence-corrected chi connectivity index (χ1v) is 18.3. The second-order valence-corrected chi connectivity index (χ2v) is 14.0. The standard InChI is InChI=1S/C17H17ClN2O.C14H14ClNO.C13H10ClNO/c1-3-19-16-20-15-10-9-13(18)11-14(15)17(2,21-16)12-7-5-4-6-8-12;1-14(17,10-5-3-2-4-6-10)12-9-11(15)7-8-13(12)16;14-10-6-7-12(15)11(8-10)13(16)9-4-2-1-3-5-9/h4-11H,3H2,1-2H3,(H,19,20);2-9,17H,16H2,1H3;1-8H,15H2/t17-;14-;/m11./s1. The smallest absolute Gasteiger partial charge is 0.290 e. The molecule has 7 nitrogen and oxygen atoms in total. The molecule has 0 aliphatic carbocycles. The number of ether oxygens (including phenoxy) is 1. The van der Waals surface area contributed by atoms with E-state index in [1.54, 1.807) is 55.5 Å². The molecule has 6 aromatic carbocycles. The average Bonchev–Trinajstić information content (AvgIpc) is 3.18. The summed E-state index contributed by atoms with van der Waals surface area (Å²) in [5, 5.41) is 15.6. The molecule has 0 radical (unpaired) electrons. The number of anilines is 3. The molecule has 1 aliphatic heterocycles. The molecule has 7 rings (SSSR count). The van der Waals surface area contributed by atoms with Gasteiger partial charge >= 0.3 is 0 Å². The number of fused-ring (bicyclic) bond motifs is 1. The first-order chi connectivity index (χ1) is 25.8. The van der Waals surface area contributed by atoms with E-state index in [2.05, 4.69) is 22.4 Å². The van der Waals surface area contributed by atoms with Crippen molar-refractivity contribution in [3.8, 4) is 0 Å². The van der Waals surface area contributed by atoms with Crippen LogP contribution in [-0.4, -0.2) is 23.5 Å². The number of hydrogen-bond acceptors (Lipinski definition) is 6. The molecule has 6 N–H and O–H groups in total. The highest BCUT2D eigenvalue weighted by Crippen LogP contribution is 2.42. The lowest BCUT2D eigenvalue weighted by atomic mass is 9.86. The number of nitrogens with two attached hydrogens (primary N) is 2. The lowest BCUT2D eigenvalue weighted by Gasteiger charge is -2.38. The van der Waals surface area contributed by atoms with Gasteiger partial charge in [0.1, 0.15) is 5.60 Å². The summed E-state index contributed by atoms with van der Waals surface area (Å²) in [6.07, 6.45) is 0. The van der Waals surface area contributed by atoms with E-state index >= 15 is 0 Å². The van der Waals surface area contributed by atoms with Crippen molar-refractivity contribution in [1.29, 1.82) is 0 Å². The Balaban J connectivity index is 0.000000158. The number of hydrogen-bond donors (Lipinski definition) is 4. The van der Waals surface area contributed by atoms with E-state index in [1.807, 2.05) is 98.8 Å². The molecule has 54 heavy (non-hydrogen) atoms. The number of benzene rings is 6. The van der Waals surface area contributed by atoms with Crippen molar-refractivity contribution in [3.63, 3.8) is 0 Å². The Labute approximate surface area is 331 Å². The Morgan fingerprint density at radius 1 is 0.759 bits per heavy atom. The van der Waals surface area contributed by atoms with Crippen LogP contribution in [0.1, 0.15) is 58.9 Å². The first-order valence-electron chi connectivity index (χ1n) is 17.2. The number of aliphatic hydroxyl groups is 1. The van der Waals surface area contributed by atoms with Gasteiger partial charge < -0.3 is 26.6 Å². The quantitative estimate of drug-likeness (QED) is 0.0986. The lowest BCUT2D eigenvalue weighted by Crippen LogP contribution is -2.39. The van der Waals surface area contributed by atoms with Crippen molar-refractivity contribution < 1.29 is 14.6 Å². The summed E-state index contributed by atoms with van der Waals surface area (Å²) in [5.74, 6) is -0.111. The fraction of sp³-hybridized carbons (Fsp3) is 0.136. The fourth-order valence-electron chi connectivity index (χ4n) is 5.93. The predicted octanol–water partition coefficient (Wildman–Crippen LogP) is 10.8. The normalized spacial score (nSPS) is 16.2. The van der Waals surface area contributed by atoms with E-state index in [0.717, 1.165) is 22.4 Å². The van der Waals surface area contributed by atoms with Crippen LogP contribution in [0.15, 0.2) is 151 Å². The number of ketones is 1. The molecular weight excluding hydrogens is 739 g/mol. The number of nitrogens with zero attached hydrogens (tertiary/aromatic N) is 1. The Morgan fingerprint density at radius 2 is 1.30 bits per heavy atom. The Bertz CT molecular complexity index is 2230. The van der Waals surface area contributed by atoms with Gasteiger partial charge in [0.2, 0.25) is 0 Å². The molecule has 0 saturated heterocycles. The highest BCUT2D eigenvalue weighted by atomic mass is 35.5. The maximum atomic E-state index is 12.1. The topological polar surface area (TPSA) is 123 Å². The first kappa shape index (κ1) is 39.9. The monoisotopic (exact) mass is 778 g/mol. The number of rotatable bonds is 6. The lowest BCUT2D eigenvalue weighted by molar-refractivity contribution is 0.103. The summed E-state index contributed by atoms with van der Waals surface area (Å²) in [6.45, 7) is 6.40. The van der Waals surface area contributed by atoms with Crippen molar-refractivity contribution in [2.24, 2.45) is 4.99 Å². The third-order valence-electron chi connectivity index (χ3n) is 8.84. The minimum absolute atomic E-state index is 0.111. The van der Waals surface area contributed by atoms with Crippen LogP contribution >= 0.6 is 34.8 Å². The fourth-order valence-corrected chi connectivity index (χ4v) is 6.45. The van der Waals surface area contributed by atoms with Crippen LogP contribution in [-0.2, 0) is 15.9 Å². The Hall–Kier alpha value is -5.31. The van der Waals surface area contributed by atoms with Gasteiger partial charge in [-0.25, -0.2) is 4.99 Å². The molecule has 0 spiro atoms. The van der Waals surface area contributed by atoms with Gasteiger partial charge in [-0.05, 0) is 86.5 Å². The largest absolute Gasteiger partial charge is 0.449 e. The number of carbonyl (C=O) groups is 1. The third kappa shape index (κ3) is 9.43. The molecule has 0 unspecified atom stereocenters. The van der Waals surface area contributed by atoms with Gasteiger partial charge in [-0.2, -0.15) is 0 Å². The van der Waals surface area contributed by atoms with Gasteiger partial charge in [0.25, 0.3) is 6.02 Å². The summed E-state index contributed by atoms with van der Waals surface area (Å²) in [6, 6.07) is 44.8. The summed E-state index contributed by atoms with van der Waals surface area (Å²) in [5.41, 5.74) is 16.4. The minimum atomic E-state index is -1.14. The Kier molecular flexibility index (Phi) is 13.1. The number of aliphatic imine (C=N–C) groups is 1. The van der Waals surface area contributed by atoms with Gasteiger partial charge in [-0.15, -0.1) is 0 Å². The van der Waals surface area contributed by atoms with Crippen molar-refractivity contribution in [2.75, 3.05) is 23.3 Å². The van der Waals surface area contributed by atoms with E-state index in [-0.39, 0.29) is 5.78 Å². The van der Waals surface area contributed by atoms with E-state index < -0.39 is 11.2 Å². The van der Waals surface area contributed by atoms with Gasteiger partial charge in [0, 0.05) is 60.9 Å². The van der Waals surface area contributed by atoms with Crippen LogP contribution in [0.2, 0.25) is 15.1 Å². The zero-order valence-corrected chi connectivity index (χ0v) is 32.3. The number of halogens is 3. The second kappa shape index (κ2) is 17.7. The predicted molar refractivity (Wildman–Crippen MR) is 224 cm³/mol. The minimum Gasteiger partial charge on any atom is -0.449 e. The molecule has 276 valence electrons. The molecule has 0 amide bonds. The van der Waals surface area contributed by atoms with Gasteiger partial charge in [-0.3, -0.25) is 4.79 Å². The van der Waals surface area contributed by atoms with E-state index in [9.17, 15) is 9.90 Å². The van der Waals surface area contributed by atoms with Gasteiger partial charge in [0.15, 0.2) is 11.4 Å². The van der Waals surface area contributed by atoms with Gasteiger partial charge in [0.05, 0.1) is 0 Å². The molecule has 0 aromatic heterocycles. The molecule has 0 fully saturated rings. The van der Waals surface area contributed by atoms with Crippen LogP contribution in [0.3, 0.4) is 0 Å². The van der Waals surface area contributed by atoms with Crippen LogP contribution in [0.5, 0.6) is 0 Å². The van der Waals surface area contributed by atoms with Crippen LogP contribution in [0, 0.1) is 0 Å². The molecule has 1 aliphatic rings. The SMILES string of the molecule is CCN=C1Nc2ccc(Cl)cc2[C@@](C)(c2ccccc2)O1.C[C@@](O)(c1ccccc1)c1cc(Cl)ccc1N.Nc1ccc(Cl)cc1C(=O)c1ccccc1. The summed E-state index contributed by atoms with van der Waals surface area (Å²) in [4.78, 5) is 16.5. The van der Waals surface area contributed by atoms with Crippen molar-refractivity contribution in [2.45, 2.75) is 32.0 Å². The van der Waals surface area contributed by atoms with Gasteiger partial charge in [-0.1, -0.05) is 126 Å². The van der Waals surface area contributed by atoms with E-state index in [0.29, 0.717) is 55.7 Å². The number of nitrogens with one attached hydrogen (secondary N) is 1. The van der Waals surface area contributed by atoms with E-state index in [4.69, 9.17) is 51.0 Å². The zero-order valence-electron chi connectivity index (χ0n) is 30.1. The summed E-state index contributed by atoms with van der Waals surface area (Å²) >= 11 is 18.0. The third-order valence-corrected chi connectivity index (χ3v) is 9.54. The van der Waals surface area contributed by atoms with E-state index in [1.165, 1.54) is 0 Å². The number of amidine groups is 1. The van der Waals surface area contributed by atoms with Crippen LogP contribution in [0.4, 0.5) is 17.1 Å². The summed E-state index contributed by atoms with van der Waals surface area (Å²) < 4.78 is 6.16. The molecule has 0 bridgehead atoms. The number of carbonyl (C=O) groups excluding carboxylic acids is 1. The van der Waals surface area contributed by atoms with Crippen LogP contribution in [0.25, 0.3) is 0 Å². The van der Waals surface area contributed by atoms with Crippen LogP contribution < -0.4 is 16.8 Å². The maximum absolute atomic E-state index is 12.1. The molecule has 6 aromatic rings. The molecule has 0 saturated carbocycles. The molecule has 1 heterocycles. The summed E-state index contributed by atoms with van der Waals surface area (Å²) in [7, 11) is 0. The number of nitrogen functional groups attached to an aromatic ring is 2. The molecule has 2 atom stereocenters. The molecular formula is C44H41Cl3N4O3. The van der Waals surface area contributed by atoms with Crippen molar-refractivity contribution in [3.05, 3.63) is 194 Å². The second-order valence-electron chi connectivity index (χ2n) is 12.7. The highest BCUT2D eigenvalue weighted by Gasteiger charge is 2.38. The zero-order chi connectivity index (χ0) is 38.9. The Morgan fingerprint density at radius 3 is 1.93 bits per heavy atom. The average molecular weight is 780 g/mol. The molecule has 10 heteroatoms. The maximum Gasteiger partial charge on any atom is 0.290 e. The van der Waals surface area contributed by atoms with Crippen molar-refractivity contribution in [1.82, 2.24) is 0 Å². The van der Waals surface area contributed by atoms with Crippen molar-refractivity contribution >= 4 is 63.7 Å².